The standard InChI is InChI=1S/C22H21FO4/c1-13(2)15(5)26-19-9-7-16(11-18(19)23)17-8-10-20(21(12-17)25-6)27-22(24)14(3)4/h7-12H,1,3,5H2,2,4,6H3. The van der Waals surface area contributed by atoms with Gasteiger partial charge in [-0.3, -0.25) is 0 Å². The summed E-state index contributed by atoms with van der Waals surface area (Å²) in [7, 11) is 1.46. The molecule has 0 N–H and O–H groups in total. The zero-order valence-electron chi connectivity index (χ0n) is 15.6. The molecule has 2 aromatic carbocycles. The predicted molar refractivity (Wildman–Crippen MR) is 103 cm³/mol. The Kier molecular flexibility index (Phi) is 6.19. The number of halogens is 1. The lowest BCUT2D eigenvalue weighted by Crippen LogP contribution is -2.09. The van der Waals surface area contributed by atoms with Crippen LogP contribution in [0.3, 0.4) is 0 Å². The van der Waals surface area contributed by atoms with Crippen LogP contribution in [0.4, 0.5) is 4.39 Å². The van der Waals surface area contributed by atoms with E-state index in [-0.39, 0.29) is 17.1 Å². The number of ether oxygens (including phenoxy) is 3. The summed E-state index contributed by atoms with van der Waals surface area (Å²) in [6.07, 6.45) is 0. The molecule has 0 heterocycles. The molecule has 0 spiro atoms. The summed E-state index contributed by atoms with van der Waals surface area (Å²) < 4.78 is 30.2. The third-order valence-corrected chi connectivity index (χ3v) is 3.69. The molecular weight excluding hydrogens is 347 g/mol. The van der Waals surface area contributed by atoms with E-state index in [2.05, 4.69) is 19.7 Å². The van der Waals surface area contributed by atoms with Crippen LogP contribution in [0.2, 0.25) is 0 Å². The van der Waals surface area contributed by atoms with Crippen LogP contribution >= 0.6 is 0 Å². The molecule has 140 valence electrons. The van der Waals surface area contributed by atoms with Crippen molar-refractivity contribution in [2.24, 2.45) is 0 Å². The van der Waals surface area contributed by atoms with Gasteiger partial charge in [-0.25, -0.2) is 9.18 Å². The van der Waals surface area contributed by atoms with Gasteiger partial charge in [0.2, 0.25) is 0 Å². The maximum Gasteiger partial charge on any atom is 0.338 e. The van der Waals surface area contributed by atoms with Crippen molar-refractivity contribution >= 4 is 5.97 Å². The van der Waals surface area contributed by atoms with Gasteiger partial charge in [0.05, 0.1) is 7.11 Å². The monoisotopic (exact) mass is 368 g/mol. The highest BCUT2D eigenvalue weighted by Crippen LogP contribution is 2.34. The molecule has 0 saturated carbocycles. The summed E-state index contributed by atoms with van der Waals surface area (Å²) >= 11 is 0. The maximum absolute atomic E-state index is 14.4. The second-order valence-electron chi connectivity index (χ2n) is 5.99. The van der Waals surface area contributed by atoms with Crippen LogP contribution in [-0.2, 0) is 4.79 Å². The summed E-state index contributed by atoms with van der Waals surface area (Å²) in [6, 6.07) is 9.50. The lowest BCUT2D eigenvalue weighted by atomic mass is 10.0. The molecule has 27 heavy (non-hydrogen) atoms. The zero-order valence-corrected chi connectivity index (χ0v) is 15.6. The molecule has 0 aliphatic heterocycles. The minimum Gasteiger partial charge on any atom is -0.493 e. The van der Waals surface area contributed by atoms with Gasteiger partial charge in [-0.2, -0.15) is 0 Å². The summed E-state index contributed by atoms with van der Waals surface area (Å²) in [6.45, 7) is 14.2. The van der Waals surface area contributed by atoms with E-state index in [0.717, 1.165) is 0 Å². The van der Waals surface area contributed by atoms with Crippen molar-refractivity contribution in [3.63, 3.8) is 0 Å². The first-order valence-electron chi connectivity index (χ1n) is 8.11. The Balaban J connectivity index is 2.31. The molecule has 5 heteroatoms. The Morgan fingerprint density at radius 1 is 0.852 bits per heavy atom. The van der Waals surface area contributed by atoms with Crippen molar-refractivity contribution in [1.29, 1.82) is 0 Å². The smallest absolute Gasteiger partial charge is 0.338 e. The number of carbonyl (C=O) groups excluding carboxylic acids is 1. The molecule has 0 radical (unpaired) electrons. The lowest BCUT2D eigenvalue weighted by Gasteiger charge is -2.13. The van der Waals surface area contributed by atoms with Crippen molar-refractivity contribution in [3.05, 3.63) is 78.9 Å². The lowest BCUT2D eigenvalue weighted by molar-refractivity contribution is -0.130. The van der Waals surface area contributed by atoms with Crippen LogP contribution < -0.4 is 14.2 Å². The number of benzene rings is 2. The fourth-order valence-electron chi connectivity index (χ4n) is 2.10. The van der Waals surface area contributed by atoms with Gasteiger partial charge >= 0.3 is 5.97 Å². The molecule has 0 saturated heterocycles. The molecule has 0 unspecified atom stereocenters. The molecule has 0 bridgehead atoms. The first kappa shape index (κ1) is 20.0. The molecule has 0 aliphatic rings. The summed E-state index contributed by atoms with van der Waals surface area (Å²) in [5, 5.41) is 0. The van der Waals surface area contributed by atoms with Crippen molar-refractivity contribution in [1.82, 2.24) is 0 Å². The Bertz CT molecular complexity index is 928. The Morgan fingerprint density at radius 3 is 1.96 bits per heavy atom. The first-order valence-corrected chi connectivity index (χ1v) is 8.11. The Labute approximate surface area is 158 Å². The van der Waals surface area contributed by atoms with Crippen LogP contribution in [0.1, 0.15) is 13.8 Å². The Hall–Kier alpha value is -3.34. The van der Waals surface area contributed by atoms with Gasteiger partial charge in [-0.05, 0) is 54.8 Å². The van der Waals surface area contributed by atoms with E-state index in [0.29, 0.717) is 28.2 Å². The zero-order chi connectivity index (χ0) is 20.1. The third-order valence-electron chi connectivity index (χ3n) is 3.69. The molecule has 2 aromatic rings. The molecule has 4 nitrogen and oxygen atoms in total. The number of esters is 1. The quantitative estimate of drug-likeness (QED) is 0.214. The molecular formula is C22H21FO4. The number of hydrogen-bond donors (Lipinski definition) is 0. The minimum absolute atomic E-state index is 0.0609. The van der Waals surface area contributed by atoms with Crippen molar-refractivity contribution in [2.75, 3.05) is 7.11 Å². The van der Waals surface area contributed by atoms with E-state index >= 15 is 0 Å². The van der Waals surface area contributed by atoms with E-state index in [9.17, 15) is 9.18 Å². The minimum atomic E-state index is -0.550. The van der Waals surface area contributed by atoms with Crippen molar-refractivity contribution < 1.29 is 23.4 Å². The molecule has 2 rings (SSSR count). The van der Waals surface area contributed by atoms with Gasteiger partial charge < -0.3 is 14.2 Å². The molecule has 0 aromatic heterocycles. The Morgan fingerprint density at radius 2 is 1.44 bits per heavy atom. The van der Waals surface area contributed by atoms with Gasteiger partial charge in [0.25, 0.3) is 0 Å². The van der Waals surface area contributed by atoms with Gasteiger partial charge in [-0.1, -0.05) is 31.9 Å². The highest BCUT2D eigenvalue weighted by molar-refractivity contribution is 5.89. The highest BCUT2D eigenvalue weighted by Gasteiger charge is 2.14. The maximum atomic E-state index is 14.4. The van der Waals surface area contributed by atoms with Gasteiger partial charge in [0, 0.05) is 5.57 Å². The van der Waals surface area contributed by atoms with Crippen LogP contribution in [-0.4, -0.2) is 13.1 Å². The number of methoxy groups -OCH3 is 1. The molecule has 0 fully saturated rings. The second kappa shape index (κ2) is 8.36. The predicted octanol–water partition coefficient (Wildman–Crippen LogP) is 5.45. The van der Waals surface area contributed by atoms with Crippen LogP contribution in [0, 0.1) is 5.82 Å². The summed E-state index contributed by atoms with van der Waals surface area (Å²) in [4.78, 5) is 11.7. The number of allylic oxidation sites excluding steroid dienone is 1. The summed E-state index contributed by atoms with van der Waals surface area (Å²) in [5.41, 5.74) is 2.18. The van der Waals surface area contributed by atoms with E-state index < -0.39 is 11.8 Å². The SMILES string of the molecule is C=C(C)C(=C)Oc1ccc(-c2ccc(OC(=O)C(=C)C)c(OC)c2)cc1F. The van der Waals surface area contributed by atoms with E-state index in [1.165, 1.54) is 19.2 Å². The van der Waals surface area contributed by atoms with Crippen molar-refractivity contribution in [2.45, 2.75) is 13.8 Å². The van der Waals surface area contributed by atoms with Gasteiger partial charge in [0.15, 0.2) is 23.1 Å². The average Bonchev–Trinajstić information content (AvgIpc) is 2.63. The van der Waals surface area contributed by atoms with Crippen LogP contribution in [0.5, 0.6) is 17.2 Å². The van der Waals surface area contributed by atoms with Crippen molar-refractivity contribution in [3.8, 4) is 28.4 Å². The first-order chi connectivity index (χ1) is 12.7. The van der Waals surface area contributed by atoms with Gasteiger partial charge in [0.1, 0.15) is 5.76 Å². The van der Waals surface area contributed by atoms with E-state index in [1.54, 1.807) is 38.1 Å². The largest absolute Gasteiger partial charge is 0.493 e. The third kappa shape index (κ3) is 4.85. The summed E-state index contributed by atoms with van der Waals surface area (Å²) in [5.74, 6) is -0.123. The van der Waals surface area contributed by atoms with Gasteiger partial charge in [-0.15, -0.1) is 0 Å². The fraction of sp³-hybridized carbons (Fsp3) is 0.136. The topological polar surface area (TPSA) is 44.8 Å². The van der Waals surface area contributed by atoms with Crippen LogP contribution in [0.15, 0.2) is 73.0 Å². The van der Waals surface area contributed by atoms with E-state index in [1.807, 2.05) is 0 Å². The fourth-order valence-corrected chi connectivity index (χ4v) is 2.10. The van der Waals surface area contributed by atoms with Crippen LogP contribution in [0.25, 0.3) is 11.1 Å². The second-order valence-corrected chi connectivity index (χ2v) is 5.99. The molecule has 0 amide bonds. The highest BCUT2D eigenvalue weighted by atomic mass is 19.1. The molecule has 0 atom stereocenters. The number of hydrogen-bond acceptors (Lipinski definition) is 4. The normalized spacial score (nSPS) is 10.1. The number of rotatable bonds is 7. The average molecular weight is 368 g/mol. The van der Waals surface area contributed by atoms with E-state index in [4.69, 9.17) is 14.2 Å². The number of carbonyl (C=O) groups is 1. The molecule has 0 aliphatic carbocycles.